The van der Waals surface area contributed by atoms with Crippen molar-refractivity contribution in [3.05, 3.63) is 60.2 Å². The fourth-order valence-electron chi connectivity index (χ4n) is 3.41. The Morgan fingerprint density at radius 1 is 1.07 bits per heavy atom. The molecule has 2 aromatic rings. The Balaban J connectivity index is 1.55. The van der Waals surface area contributed by atoms with Crippen molar-refractivity contribution in [1.29, 1.82) is 0 Å². The number of hydrogen-bond donors (Lipinski definition) is 2. The summed E-state index contributed by atoms with van der Waals surface area (Å²) in [5.41, 5.74) is 2.04. The van der Waals surface area contributed by atoms with Crippen LogP contribution in [0.15, 0.2) is 59.6 Å². The monoisotopic (exact) mass is 368 g/mol. The summed E-state index contributed by atoms with van der Waals surface area (Å²) in [5, 5.41) is 13.5. The SMILES string of the molecule is CN=C(NCC(OC)c1ccccc1)N1CCN(c2ccccc2O)CC1. The van der Waals surface area contributed by atoms with Crippen molar-refractivity contribution in [2.45, 2.75) is 6.10 Å². The van der Waals surface area contributed by atoms with Crippen molar-refractivity contribution in [1.82, 2.24) is 10.2 Å². The van der Waals surface area contributed by atoms with Gasteiger partial charge < -0.3 is 25.0 Å². The summed E-state index contributed by atoms with van der Waals surface area (Å²) in [6, 6.07) is 17.7. The van der Waals surface area contributed by atoms with E-state index in [1.54, 1.807) is 13.2 Å². The van der Waals surface area contributed by atoms with Crippen LogP contribution in [-0.4, -0.2) is 62.8 Å². The van der Waals surface area contributed by atoms with E-state index in [-0.39, 0.29) is 6.10 Å². The fourth-order valence-corrected chi connectivity index (χ4v) is 3.41. The van der Waals surface area contributed by atoms with Crippen LogP contribution in [0, 0.1) is 0 Å². The van der Waals surface area contributed by atoms with E-state index in [1.165, 1.54) is 0 Å². The van der Waals surface area contributed by atoms with Gasteiger partial charge in [0.1, 0.15) is 5.75 Å². The summed E-state index contributed by atoms with van der Waals surface area (Å²) in [4.78, 5) is 8.89. The number of ether oxygens (including phenoxy) is 1. The highest BCUT2D eigenvalue weighted by Crippen LogP contribution is 2.27. The van der Waals surface area contributed by atoms with Crippen LogP contribution in [0.2, 0.25) is 0 Å². The van der Waals surface area contributed by atoms with Crippen molar-refractivity contribution in [2.75, 3.05) is 51.8 Å². The lowest BCUT2D eigenvalue weighted by Crippen LogP contribution is -2.53. The molecule has 27 heavy (non-hydrogen) atoms. The number of nitrogens with one attached hydrogen (secondary N) is 1. The Labute approximate surface area is 161 Å². The summed E-state index contributed by atoms with van der Waals surface area (Å²) in [7, 11) is 3.54. The quantitative estimate of drug-likeness (QED) is 0.627. The lowest BCUT2D eigenvalue weighted by Gasteiger charge is -2.38. The third kappa shape index (κ3) is 4.71. The molecule has 3 rings (SSSR count). The number of aromatic hydroxyl groups is 1. The first kappa shape index (κ1) is 19.0. The molecule has 0 aliphatic carbocycles. The molecule has 1 aliphatic heterocycles. The topological polar surface area (TPSA) is 60.3 Å². The summed E-state index contributed by atoms with van der Waals surface area (Å²) in [6.07, 6.45) is -0.0227. The number of phenols is 1. The molecular weight excluding hydrogens is 340 g/mol. The van der Waals surface area contributed by atoms with Gasteiger partial charge >= 0.3 is 0 Å². The highest BCUT2D eigenvalue weighted by Gasteiger charge is 2.22. The standard InChI is InChI=1S/C21H28N4O2/c1-22-21(23-16-20(27-2)17-8-4-3-5-9-17)25-14-12-24(13-15-25)18-10-6-7-11-19(18)26/h3-11,20,26H,12-16H2,1-2H3,(H,22,23). The number of piperazine rings is 1. The molecule has 1 saturated heterocycles. The van der Waals surface area contributed by atoms with Gasteiger partial charge in [0.2, 0.25) is 0 Å². The maximum absolute atomic E-state index is 10.1. The summed E-state index contributed by atoms with van der Waals surface area (Å²) >= 11 is 0. The molecule has 0 amide bonds. The zero-order chi connectivity index (χ0) is 19.1. The maximum Gasteiger partial charge on any atom is 0.193 e. The van der Waals surface area contributed by atoms with Crippen LogP contribution < -0.4 is 10.2 Å². The molecular formula is C21H28N4O2. The Bertz CT molecular complexity index is 743. The molecule has 1 aliphatic rings. The number of nitrogens with zero attached hydrogens (tertiary/aromatic N) is 3. The smallest absolute Gasteiger partial charge is 0.193 e. The fraction of sp³-hybridized carbons (Fsp3) is 0.381. The van der Waals surface area contributed by atoms with Crippen molar-refractivity contribution >= 4 is 11.6 Å². The lowest BCUT2D eigenvalue weighted by atomic mass is 10.1. The van der Waals surface area contributed by atoms with Crippen molar-refractivity contribution in [2.24, 2.45) is 4.99 Å². The van der Waals surface area contributed by atoms with Crippen LogP contribution in [0.4, 0.5) is 5.69 Å². The average molecular weight is 368 g/mol. The second-order valence-electron chi connectivity index (χ2n) is 6.53. The molecule has 2 aromatic carbocycles. The minimum Gasteiger partial charge on any atom is -0.506 e. The molecule has 0 radical (unpaired) electrons. The number of methoxy groups -OCH3 is 1. The number of benzene rings is 2. The Hall–Kier alpha value is -2.73. The van der Waals surface area contributed by atoms with Gasteiger partial charge in [0.15, 0.2) is 5.96 Å². The van der Waals surface area contributed by atoms with Crippen LogP contribution in [0.1, 0.15) is 11.7 Å². The second-order valence-corrected chi connectivity index (χ2v) is 6.53. The molecule has 1 atom stereocenters. The number of anilines is 1. The second kappa shape index (κ2) is 9.28. The average Bonchev–Trinajstić information content (AvgIpc) is 2.73. The predicted molar refractivity (Wildman–Crippen MR) is 109 cm³/mol. The minimum atomic E-state index is -0.0227. The third-order valence-electron chi connectivity index (χ3n) is 4.91. The van der Waals surface area contributed by atoms with Crippen LogP contribution >= 0.6 is 0 Å². The van der Waals surface area contributed by atoms with Crippen LogP contribution in [0.25, 0.3) is 0 Å². The molecule has 0 spiro atoms. The Morgan fingerprint density at radius 3 is 2.37 bits per heavy atom. The number of guanidine groups is 1. The molecule has 0 aromatic heterocycles. The number of hydrogen-bond acceptors (Lipinski definition) is 4. The zero-order valence-corrected chi connectivity index (χ0v) is 16.0. The van der Waals surface area contributed by atoms with Gasteiger partial charge in [-0.05, 0) is 17.7 Å². The van der Waals surface area contributed by atoms with E-state index in [2.05, 4.69) is 32.2 Å². The zero-order valence-electron chi connectivity index (χ0n) is 16.0. The van der Waals surface area contributed by atoms with E-state index >= 15 is 0 Å². The van der Waals surface area contributed by atoms with Gasteiger partial charge in [0.25, 0.3) is 0 Å². The highest BCUT2D eigenvalue weighted by atomic mass is 16.5. The first-order valence-electron chi connectivity index (χ1n) is 9.29. The first-order chi connectivity index (χ1) is 13.2. The maximum atomic E-state index is 10.1. The molecule has 0 saturated carbocycles. The predicted octanol–water partition coefficient (Wildman–Crippen LogP) is 2.48. The molecule has 6 heteroatoms. The Kier molecular flexibility index (Phi) is 6.54. The van der Waals surface area contributed by atoms with Crippen LogP contribution in [-0.2, 0) is 4.74 Å². The largest absolute Gasteiger partial charge is 0.506 e. The summed E-state index contributed by atoms with van der Waals surface area (Å²) in [5.74, 6) is 1.21. The minimum absolute atomic E-state index is 0.0227. The molecule has 6 nitrogen and oxygen atoms in total. The van der Waals surface area contributed by atoms with Gasteiger partial charge in [-0.3, -0.25) is 4.99 Å². The number of para-hydroxylation sites is 2. The van der Waals surface area contributed by atoms with Gasteiger partial charge in [-0.2, -0.15) is 0 Å². The lowest BCUT2D eigenvalue weighted by molar-refractivity contribution is 0.105. The van der Waals surface area contributed by atoms with Gasteiger partial charge in [-0.1, -0.05) is 42.5 Å². The van der Waals surface area contributed by atoms with E-state index in [0.29, 0.717) is 12.3 Å². The van der Waals surface area contributed by atoms with Crippen LogP contribution in [0.3, 0.4) is 0 Å². The molecule has 0 bridgehead atoms. The van der Waals surface area contributed by atoms with E-state index in [0.717, 1.165) is 43.4 Å². The van der Waals surface area contributed by atoms with E-state index < -0.39 is 0 Å². The van der Waals surface area contributed by atoms with Gasteiger partial charge in [0.05, 0.1) is 11.8 Å². The molecule has 1 unspecified atom stereocenters. The summed E-state index contributed by atoms with van der Waals surface area (Å²) in [6.45, 7) is 4.02. The van der Waals surface area contributed by atoms with Crippen molar-refractivity contribution < 1.29 is 9.84 Å². The Morgan fingerprint density at radius 2 is 1.74 bits per heavy atom. The molecule has 1 fully saturated rings. The molecule has 2 N–H and O–H groups in total. The normalized spacial score (nSPS) is 16.3. The van der Waals surface area contributed by atoms with Gasteiger partial charge in [-0.15, -0.1) is 0 Å². The van der Waals surface area contributed by atoms with Crippen LogP contribution in [0.5, 0.6) is 5.75 Å². The van der Waals surface area contributed by atoms with Crippen molar-refractivity contribution in [3.8, 4) is 5.75 Å². The summed E-state index contributed by atoms with van der Waals surface area (Å²) < 4.78 is 5.63. The molecule has 144 valence electrons. The van der Waals surface area contributed by atoms with E-state index in [1.807, 2.05) is 43.4 Å². The van der Waals surface area contributed by atoms with E-state index in [4.69, 9.17) is 4.74 Å². The third-order valence-corrected chi connectivity index (χ3v) is 4.91. The molecule has 1 heterocycles. The number of phenolic OH excluding ortho intramolecular Hbond substituents is 1. The van der Waals surface area contributed by atoms with Gasteiger partial charge in [-0.25, -0.2) is 0 Å². The number of aliphatic imine (C=N–C) groups is 1. The van der Waals surface area contributed by atoms with Gasteiger partial charge in [0, 0.05) is 46.9 Å². The number of rotatable bonds is 5. The highest BCUT2D eigenvalue weighted by molar-refractivity contribution is 5.80. The first-order valence-corrected chi connectivity index (χ1v) is 9.29. The van der Waals surface area contributed by atoms with Crippen molar-refractivity contribution in [3.63, 3.8) is 0 Å². The van der Waals surface area contributed by atoms with E-state index in [9.17, 15) is 5.11 Å².